The molecule has 34 heavy (non-hydrogen) atoms. The van der Waals surface area contributed by atoms with Crippen molar-refractivity contribution in [1.82, 2.24) is 0 Å². The molecule has 0 spiro atoms. The molecule has 6 nitrogen and oxygen atoms in total. The molecule has 0 unspecified atom stereocenters. The van der Waals surface area contributed by atoms with Gasteiger partial charge >= 0.3 is 11.9 Å². The second-order valence-corrected chi connectivity index (χ2v) is 15.2. The molecule has 0 fully saturated rings. The highest BCUT2D eigenvalue weighted by Crippen LogP contribution is 2.44. The molecule has 1 amide bonds. The highest BCUT2D eigenvalue weighted by molar-refractivity contribution is 6.90. The van der Waals surface area contributed by atoms with E-state index in [-0.39, 0.29) is 18.7 Å². The van der Waals surface area contributed by atoms with E-state index in [4.69, 9.17) is 9.47 Å². The third kappa shape index (κ3) is 4.29. The highest BCUT2D eigenvalue weighted by Gasteiger charge is 2.54. The van der Waals surface area contributed by atoms with Gasteiger partial charge in [-0.25, -0.2) is 0 Å². The van der Waals surface area contributed by atoms with E-state index in [1.807, 2.05) is 42.2 Å². The number of carbonyl (C=O) groups is 3. The number of nitrogens with zero attached hydrogens (tertiary/aromatic N) is 1. The number of hydrogen-bond acceptors (Lipinski definition) is 5. The Morgan fingerprint density at radius 1 is 0.912 bits per heavy atom. The number of carbonyl (C=O) groups excluding carboxylic acids is 3. The Hall–Kier alpha value is -2.93. The molecule has 1 aliphatic carbocycles. The number of esters is 2. The predicted molar refractivity (Wildman–Crippen MR) is 136 cm³/mol. The van der Waals surface area contributed by atoms with Gasteiger partial charge in [-0.05, 0) is 46.9 Å². The Morgan fingerprint density at radius 2 is 1.41 bits per heavy atom. The van der Waals surface area contributed by atoms with Gasteiger partial charge in [0.2, 0.25) is 5.91 Å². The molecule has 182 valence electrons. The van der Waals surface area contributed by atoms with Crippen LogP contribution in [-0.2, 0) is 43.2 Å². The summed E-state index contributed by atoms with van der Waals surface area (Å²) >= 11 is 0. The minimum Gasteiger partial charge on any atom is -0.468 e. The molecule has 0 N–H and O–H groups in total. The SMILES string of the molecule is COC(=O)C1(C(=O)OC)Cc2c(C)c(N(Cc3ccccc3)C(C)=O)c([Si](C)(C)C)c(C)c2C1. The number of methoxy groups -OCH3 is 2. The summed E-state index contributed by atoms with van der Waals surface area (Å²) in [6, 6.07) is 9.92. The molecule has 3 rings (SSSR count). The lowest BCUT2D eigenvalue weighted by Crippen LogP contribution is -2.46. The van der Waals surface area contributed by atoms with Gasteiger partial charge in [-0.15, -0.1) is 0 Å². The fraction of sp³-hybridized carbons (Fsp3) is 0.444. The molecular weight excluding hydrogens is 446 g/mol. The molecule has 2 aromatic rings. The zero-order valence-corrected chi connectivity index (χ0v) is 22.5. The van der Waals surface area contributed by atoms with Crippen LogP contribution < -0.4 is 10.1 Å². The van der Waals surface area contributed by atoms with E-state index >= 15 is 0 Å². The Balaban J connectivity index is 2.30. The van der Waals surface area contributed by atoms with Crippen LogP contribution in [0.1, 0.15) is 34.7 Å². The first-order valence-electron chi connectivity index (χ1n) is 11.5. The molecule has 1 aliphatic rings. The summed E-state index contributed by atoms with van der Waals surface area (Å²) < 4.78 is 10.1. The van der Waals surface area contributed by atoms with Crippen LogP contribution in [0.3, 0.4) is 0 Å². The maximum absolute atomic E-state index is 13.0. The zero-order chi connectivity index (χ0) is 25.4. The van der Waals surface area contributed by atoms with Crippen molar-refractivity contribution in [2.24, 2.45) is 5.41 Å². The fourth-order valence-corrected chi connectivity index (χ4v) is 7.70. The summed E-state index contributed by atoms with van der Waals surface area (Å²) in [6.45, 7) is 12.9. The number of hydrogen-bond donors (Lipinski definition) is 0. The van der Waals surface area contributed by atoms with Crippen LogP contribution in [0.15, 0.2) is 30.3 Å². The lowest BCUT2D eigenvalue weighted by molar-refractivity contribution is -0.168. The van der Waals surface area contributed by atoms with Gasteiger partial charge in [-0.2, -0.15) is 0 Å². The van der Waals surface area contributed by atoms with E-state index in [2.05, 4.69) is 26.6 Å². The van der Waals surface area contributed by atoms with Crippen LogP contribution in [0.2, 0.25) is 19.6 Å². The van der Waals surface area contributed by atoms with Crippen LogP contribution in [0.4, 0.5) is 5.69 Å². The summed E-state index contributed by atoms with van der Waals surface area (Å²) in [5.74, 6) is -1.22. The summed E-state index contributed by atoms with van der Waals surface area (Å²) in [6.07, 6.45) is 0.440. The fourth-order valence-electron chi connectivity index (χ4n) is 5.39. The molecule has 0 aliphatic heterocycles. The molecule has 0 heterocycles. The van der Waals surface area contributed by atoms with Crippen molar-refractivity contribution >= 4 is 36.8 Å². The van der Waals surface area contributed by atoms with E-state index in [9.17, 15) is 14.4 Å². The van der Waals surface area contributed by atoms with Gasteiger partial charge in [0.1, 0.15) is 0 Å². The van der Waals surface area contributed by atoms with Crippen LogP contribution in [0, 0.1) is 19.3 Å². The average Bonchev–Trinajstić information content (AvgIpc) is 3.21. The van der Waals surface area contributed by atoms with E-state index in [0.29, 0.717) is 6.54 Å². The Morgan fingerprint density at radius 3 is 1.85 bits per heavy atom. The molecule has 0 aromatic heterocycles. The molecule has 7 heteroatoms. The third-order valence-corrected chi connectivity index (χ3v) is 9.04. The second-order valence-electron chi connectivity index (χ2n) is 10.2. The van der Waals surface area contributed by atoms with Gasteiger partial charge in [0, 0.05) is 25.5 Å². The number of ether oxygens (including phenoxy) is 2. The van der Waals surface area contributed by atoms with Crippen molar-refractivity contribution in [3.05, 3.63) is 58.1 Å². The number of rotatable bonds is 6. The summed E-state index contributed by atoms with van der Waals surface area (Å²) in [4.78, 5) is 40.7. The number of amides is 1. The van der Waals surface area contributed by atoms with E-state index < -0.39 is 25.4 Å². The smallest absolute Gasteiger partial charge is 0.323 e. The predicted octanol–water partition coefficient (Wildman–Crippen LogP) is 3.83. The van der Waals surface area contributed by atoms with Crippen LogP contribution >= 0.6 is 0 Å². The molecule has 2 aromatic carbocycles. The first-order valence-corrected chi connectivity index (χ1v) is 15.0. The maximum atomic E-state index is 13.0. The van der Waals surface area contributed by atoms with Crippen molar-refractivity contribution < 1.29 is 23.9 Å². The minimum atomic E-state index is -1.97. The normalized spacial score (nSPS) is 14.4. The number of fused-ring (bicyclic) bond motifs is 1. The Bertz CT molecular complexity index is 1120. The van der Waals surface area contributed by atoms with Crippen LogP contribution in [-0.4, -0.2) is 40.1 Å². The first kappa shape index (κ1) is 25.7. The molecule has 0 radical (unpaired) electrons. The van der Waals surface area contributed by atoms with Gasteiger partial charge in [-0.1, -0.05) is 50.0 Å². The zero-order valence-electron chi connectivity index (χ0n) is 21.5. The number of benzene rings is 2. The third-order valence-electron chi connectivity index (χ3n) is 6.93. The second kappa shape index (κ2) is 9.37. The average molecular weight is 482 g/mol. The van der Waals surface area contributed by atoms with Crippen molar-refractivity contribution in [3.8, 4) is 0 Å². The van der Waals surface area contributed by atoms with Gasteiger partial charge in [0.25, 0.3) is 0 Å². The number of anilines is 1. The Kier molecular flexibility index (Phi) is 7.08. The first-order chi connectivity index (χ1) is 15.9. The van der Waals surface area contributed by atoms with Crippen molar-refractivity contribution in [2.45, 2.75) is 59.8 Å². The Labute approximate surface area is 203 Å². The lowest BCUT2D eigenvalue weighted by atomic mass is 9.84. The minimum absolute atomic E-state index is 0.0454. The molecule has 0 bridgehead atoms. The summed E-state index contributed by atoms with van der Waals surface area (Å²) in [7, 11) is 0.629. The van der Waals surface area contributed by atoms with E-state index in [1.54, 1.807) is 6.92 Å². The maximum Gasteiger partial charge on any atom is 0.323 e. The van der Waals surface area contributed by atoms with E-state index in [0.717, 1.165) is 33.5 Å². The molecule has 0 atom stereocenters. The monoisotopic (exact) mass is 481 g/mol. The van der Waals surface area contributed by atoms with Crippen molar-refractivity contribution in [3.63, 3.8) is 0 Å². The highest BCUT2D eigenvalue weighted by atomic mass is 28.3. The lowest BCUT2D eigenvalue weighted by Gasteiger charge is -2.34. The van der Waals surface area contributed by atoms with E-state index in [1.165, 1.54) is 19.4 Å². The quantitative estimate of drug-likeness (QED) is 0.356. The van der Waals surface area contributed by atoms with Gasteiger partial charge in [0.05, 0.1) is 28.8 Å². The van der Waals surface area contributed by atoms with Crippen LogP contribution in [0.25, 0.3) is 0 Å². The van der Waals surface area contributed by atoms with Gasteiger partial charge in [-0.3, -0.25) is 14.4 Å². The largest absolute Gasteiger partial charge is 0.468 e. The van der Waals surface area contributed by atoms with Gasteiger partial charge in [0.15, 0.2) is 5.41 Å². The molecule has 0 saturated heterocycles. The standard InChI is InChI=1S/C27H35NO5Si/c1-17-21-14-27(25(30)32-4,26(31)33-5)15-22(21)18(2)24(34(6,7)8)23(17)28(19(3)29)16-20-12-10-9-11-13-20/h9-13H,14-16H2,1-8H3. The molecular formula is C27H35NO5Si. The van der Waals surface area contributed by atoms with Crippen LogP contribution in [0.5, 0.6) is 0 Å². The van der Waals surface area contributed by atoms with Gasteiger partial charge < -0.3 is 14.4 Å². The summed E-state index contributed by atoms with van der Waals surface area (Å²) in [5, 5.41) is 1.18. The molecule has 0 saturated carbocycles. The topological polar surface area (TPSA) is 72.9 Å². The van der Waals surface area contributed by atoms with Crippen molar-refractivity contribution in [1.29, 1.82) is 0 Å². The van der Waals surface area contributed by atoms with Crippen molar-refractivity contribution in [2.75, 3.05) is 19.1 Å². The summed E-state index contributed by atoms with van der Waals surface area (Å²) in [5.41, 5.74) is 4.48.